The summed E-state index contributed by atoms with van der Waals surface area (Å²) in [7, 11) is 0. The summed E-state index contributed by atoms with van der Waals surface area (Å²) < 4.78 is 12.7. The van der Waals surface area contributed by atoms with E-state index >= 15 is 0 Å². The Hall–Kier alpha value is -0.480. The zero-order chi connectivity index (χ0) is 8.59. The van der Waals surface area contributed by atoms with Gasteiger partial charge in [-0.1, -0.05) is 11.6 Å². The molecule has 0 aromatic heterocycles. The van der Waals surface area contributed by atoms with Gasteiger partial charge in [-0.2, -0.15) is 0 Å². The predicted octanol–water partition coefficient (Wildman–Crippen LogP) is 2.53. The van der Waals surface area contributed by atoms with E-state index in [-0.39, 0.29) is 20.9 Å². The summed E-state index contributed by atoms with van der Waals surface area (Å²) in [6.45, 7) is 0. The third-order valence-electron chi connectivity index (χ3n) is 1.17. The maximum absolute atomic E-state index is 12.7. The summed E-state index contributed by atoms with van der Waals surface area (Å²) in [6.07, 6.45) is 0. The van der Waals surface area contributed by atoms with Gasteiger partial charge in [-0.25, -0.2) is 4.39 Å². The lowest BCUT2D eigenvalue weighted by Crippen LogP contribution is -1.89. The Balaban J connectivity index is 3.46. The Morgan fingerprint density at radius 3 is 2.73 bits per heavy atom. The largest absolute Gasteiger partial charge is 0.504 e. The molecule has 0 radical (unpaired) electrons. The molecule has 0 amide bonds. The minimum Gasteiger partial charge on any atom is -0.504 e. The topological polar surface area (TPSA) is 46.2 Å². The van der Waals surface area contributed by atoms with E-state index in [9.17, 15) is 4.39 Å². The molecule has 5 heteroatoms. The van der Waals surface area contributed by atoms with Crippen molar-refractivity contribution in [2.45, 2.75) is 0 Å². The SMILES string of the molecule is Nc1cc(F)c(Br)c(Cl)c1O. The van der Waals surface area contributed by atoms with Crippen molar-refractivity contribution in [3.05, 3.63) is 21.4 Å². The van der Waals surface area contributed by atoms with Gasteiger partial charge < -0.3 is 10.8 Å². The van der Waals surface area contributed by atoms with Crippen LogP contribution in [0, 0.1) is 5.82 Å². The molecule has 1 aromatic carbocycles. The van der Waals surface area contributed by atoms with Gasteiger partial charge in [0.2, 0.25) is 0 Å². The molecular formula is C6H4BrClFNO. The number of benzene rings is 1. The number of hydrogen-bond acceptors (Lipinski definition) is 2. The van der Waals surface area contributed by atoms with Crippen molar-refractivity contribution in [1.82, 2.24) is 0 Å². The second kappa shape index (κ2) is 2.87. The standard InChI is InChI=1S/C6H4BrClFNO/c7-4-2(9)1-3(10)6(11)5(4)8/h1,11H,10H2. The number of nitrogens with two attached hydrogens (primary N) is 1. The summed E-state index contributed by atoms with van der Waals surface area (Å²) in [5, 5.41) is 8.95. The number of anilines is 1. The lowest BCUT2D eigenvalue weighted by atomic mass is 10.3. The first-order valence-corrected chi connectivity index (χ1v) is 3.83. The Morgan fingerprint density at radius 2 is 2.18 bits per heavy atom. The van der Waals surface area contributed by atoms with Gasteiger partial charge in [-0.05, 0) is 15.9 Å². The minimum atomic E-state index is -0.592. The lowest BCUT2D eigenvalue weighted by Gasteiger charge is -2.03. The molecule has 1 aromatic rings. The summed E-state index contributed by atoms with van der Waals surface area (Å²) in [5.41, 5.74) is 5.12. The first-order valence-electron chi connectivity index (χ1n) is 2.66. The van der Waals surface area contributed by atoms with E-state index in [0.717, 1.165) is 6.07 Å². The van der Waals surface area contributed by atoms with E-state index in [1.54, 1.807) is 0 Å². The molecule has 0 atom stereocenters. The van der Waals surface area contributed by atoms with Crippen molar-refractivity contribution in [3.63, 3.8) is 0 Å². The van der Waals surface area contributed by atoms with E-state index in [1.165, 1.54) is 0 Å². The molecule has 11 heavy (non-hydrogen) atoms. The second-order valence-corrected chi connectivity index (χ2v) is 3.10. The van der Waals surface area contributed by atoms with E-state index in [4.69, 9.17) is 22.4 Å². The predicted molar refractivity (Wildman–Crippen MR) is 45.2 cm³/mol. The van der Waals surface area contributed by atoms with Crippen molar-refractivity contribution in [2.24, 2.45) is 0 Å². The highest BCUT2D eigenvalue weighted by Crippen LogP contribution is 2.37. The lowest BCUT2D eigenvalue weighted by molar-refractivity contribution is 0.475. The van der Waals surface area contributed by atoms with E-state index in [0.29, 0.717) is 0 Å². The minimum absolute atomic E-state index is 0.0193. The number of phenolic OH excluding ortho intramolecular Hbond substituents is 1. The van der Waals surface area contributed by atoms with Crippen LogP contribution < -0.4 is 5.73 Å². The van der Waals surface area contributed by atoms with Gasteiger partial charge in [0.25, 0.3) is 0 Å². The molecule has 0 aliphatic heterocycles. The van der Waals surface area contributed by atoms with Gasteiger partial charge in [0, 0.05) is 6.07 Å². The molecule has 1 rings (SSSR count). The highest BCUT2D eigenvalue weighted by atomic mass is 79.9. The van der Waals surface area contributed by atoms with Crippen LogP contribution in [0.2, 0.25) is 5.02 Å². The summed E-state index contributed by atoms with van der Waals surface area (Å²) in [5.74, 6) is -0.898. The monoisotopic (exact) mass is 239 g/mol. The van der Waals surface area contributed by atoms with Gasteiger partial charge in [0.15, 0.2) is 5.75 Å². The molecule has 0 bridgehead atoms. The Morgan fingerprint density at radius 1 is 1.64 bits per heavy atom. The van der Waals surface area contributed by atoms with Crippen molar-refractivity contribution < 1.29 is 9.50 Å². The van der Waals surface area contributed by atoms with E-state index < -0.39 is 5.82 Å². The normalized spacial score (nSPS) is 10.1. The molecular weight excluding hydrogens is 236 g/mol. The first kappa shape index (κ1) is 8.62. The second-order valence-electron chi connectivity index (χ2n) is 1.92. The highest BCUT2D eigenvalue weighted by Gasteiger charge is 2.11. The van der Waals surface area contributed by atoms with E-state index in [1.807, 2.05) is 0 Å². The van der Waals surface area contributed by atoms with Gasteiger partial charge in [0.1, 0.15) is 10.8 Å². The molecule has 0 aliphatic carbocycles. The number of phenols is 1. The molecule has 0 saturated heterocycles. The summed E-state index contributed by atoms with van der Waals surface area (Å²) in [6, 6.07) is 0.991. The fourth-order valence-corrected chi connectivity index (χ4v) is 1.11. The Kier molecular flexibility index (Phi) is 2.25. The van der Waals surface area contributed by atoms with Crippen LogP contribution in [0.15, 0.2) is 10.5 Å². The number of halogens is 3. The maximum atomic E-state index is 12.7. The van der Waals surface area contributed by atoms with Gasteiger partial charge in [-0.15, -0.1) is 0 Å². The number of nitrogen functional groups attached to an aromatic ring is 1. The third-order valence-corrected chi connectivity index (χ3v) is 2.54. The van der Waals surface area contributed by atoms with E-state index in [2.05, 4.69) is 15.9 Å². The van der Waals surface area contributed by atoms with Crippen LogP contribution in [-0.2, 0) is 0 Å². The molecule has 0 unspecified atom stereocenters. The number of rotatable bonds is 0. The molecule has 60 valence electrons. The van der Waals surface area contributed by atoms with Crippen molar-refractivity contribution in [1.29, 1.82) is 0 Å². The maximum Gasteiger partial charge on any atom is 0.158 e. The number of aromatic hydroxyl groups is 1. The van der Waals surface area contributed by atoms with Crippen LogP contribution in [0.25, 0.3) is 0 Å². The van der Waals surface area contributed by atoms with Crippen LogP contribution in [0.5, 0.6) is 5.75 Å². The molecule has 0 heterocycles. The number of hydrogen-bond donors (Lipinski definition) is 2. The quantitative estimate of drug-likeness (QED) is 0.416. The molecule has 3 N–H and O–H groups in total. The van der Waals surface area contributed by atoms with Crippen LogP contribution in [0.4, 0.5) is 10.1 Å². The van der Waals surface area contributed by atoms with Gasteiger partial charge in [-0.3, -0.25) is 0 Å². The third kappa shape index (κ3) is 1.41. The molecule has 0 saturated carbocycles. The van der Waals surface area contributed by atoms with Crippen LogP contribution in [0.1, 0.15) is 0 Å². The van der Waals surface area contributed by atoms with Crippen molar-refractivity contribution in [2.75, 3.05) is 5.73 Å². The van der Waals surface area contributed by atoms with Crippen molar-refractivity contribution in [3.8, 4) is 5.75 Å². The van der Waals surface area contributed by atoms with Crippen LogP contribution in [-0.4, -0.2) is 5.11 Å². The molecule has 0 spiro atoms. The molecule has 0 aliphatic rings. The fourth-order valence-electron chi connectivity index (χ4n) is 0.604. The molecule has 0 fully saturated rings. The van der Waals surface area contributed by atoms with Gasteiger partial charge in [0.05, 0.1) is 10.2 Å². The summed E-state index contributed by atoms with van der Waals surface area (Å²) in [4.78, 5) is 0. The van der Waals surface area contributed by atoms with Crippen LogP contribution in [0.3, 0.4) is 0 Å². The average molecular weight is 240 g/mol. The Bertz CT molecular complexity index is 279. The highest BCUT2D eigenvalue weighted by molar-refractivity contribution is 9.10. The zero-order valence-electron chi connectivity index (χ0n) is 5.24. The Labute approximate surface area is 75.9 Å². The van der Waals surface area contributed by atoms with Gasteiger partial charge >= 0.3 is 0 Å². The summed E-state index contributed by atoms with van der Waals surface area (Å²) >= 11 is 8.31. The molecule has 2 nitrogen and oxygen atoms in total. The first-order chi connectivity index (χ1) is 5.04. The van der Waals surface area contributed by atoms with Crippen molar-refractivity contribution >= 4 is 33.2 Å². The smallest absolute Gasteiger partial charge is 0.158 e. The van der Waals surface area contributed by atoms with Crippen LogP contribution >= 0.6 is 27.5 Å². The zero-order valence-corrected chi connectivity index (χ0v) is 7.58. The average Bonchev–Trinajstić information content (AvgIpc) is 1.97. The fraction of sp³-hybridized carbons (Fsp3) is 0.